The molecular formula is C21H14BrClN2O6. The molecule has 0 bridgehead atoms. The summed E-state index contributed by atoms with van der Waals surface area (Å²) in [6.07, 6.45) is 1.23. The highest BCUT2D eigenvalue weighted by molar-refractivity contribution is 9.10. The SMILES string of the molecule is O=C(C=Cc1ccc(Br)o1)OC(C(=O)Nc1ccc(Cl)c([N+](=O)[O-])c1)c1ccccc1. The van der Waals surface area contributed by atoms with Gasteiger partial charge in [-0.3, -0.25) is 14.9 Å². The van der Waals surface area contributed by atoms with Crippen LogP contribution in [0.1, 0.15) is 17.4 Å². The Hall–Kier alpha value is -3.43. The van der Waals surface area contributed by atoms with E-state index in [1.54, 1.807) is 42.5 Å². The van der Waals surface area contributed by atoms with Crippen molar-refractivity contribution in [2.75, 3.05) is 5.32 Å². The second kappa shape index (κ2) is 10.1. The number of benzene rings is 2. The Labute approximate surface area is 189 Å². The van der Waals surface area contributed by atoms with Crippen LogP contribution in [0.15, 0.2) is 75.8 Å². The molecule has 0 aliphatic rings. The van der Waals surface area contributed by atoms with E-state index in [-0.39, 0.29) is 16.4 Å². The molecule has 3 rings (SSSR count). The molecule has 0 aliphatic heterocycles. The molecule has 1 N–H and O–H groups in total. The van der Waals surface area contributed by atoms with Crippen LogP contribution in [0.5, 0.6) is 0 Å². The monoisotopic (exact) mass is 504 g/mol. The van der Waals surface area contributed by atoms with Crippen molar-refractivity contribution in [2.24, 2.45) is 0 Å². The summed E-state index contributed by atoms with van der Waals surface area (Å²) in [6.45, 7) is 0. The Kier molecular flexibility index (Phi) is 7.22. The van der Waals surface area contributed by atoms with Gasteiger partial charge in [-0.1, -0.05) is 41.9 Å². The van der Waals surface area contributed by atoms with Gasteiger partial charge in [0, 0.05) is 23.4 Å². The standard InChI is InChI=1S/C21H14BrClN2O6/c22-18-10-7-15(30-18)8-11-19(26)31-20(13-4-2-1-3-5-13)21(27)24-14-6-9-16(23)17(12-14)25(28)29/h1-12,20H,(H,24,27). The lowest BCUT2D eigenvalue weighted by atomic mass is 10.1. The molecule has 31 heavy (non-hydrogen) atoms. The number of halogens is 2. The number of carbonyl (C=O) groups excluding carboxylic acids is 2. The van der Waals surface area contributed by atoms with E-state index in [9.17, 15) is 19.7 Å². The number of amides is 1. The van der Waals surface area contributed by atoms with Crippen molar-refractivity contribution in [1.29, 1.82) is 0 Å². The van der Waals surface area contributed by atoms with Gasteiger partial charge in [0.2, 0.25) is 6.10 Å². The lowest BCUT2D eigenvalue weighted by Gasteiger charge is -2.17. The number of nitrogens with one attached hydrogen (secondary N) is 1. The van der Waals surface area contributed by atoms with Crippen LogP contribution < -0.4 is 5.32 Å². The average molecular weight is 506 g/mol. The zero-order valence-corrected chi connectivity index (χ0v) is 18.0. The van der Waals surface area contributed by atoms with E-state index in [1.165, 1.54) is 18.2 Å². The van der Waals surface area contributed by atoms with E-state index in [1.807, 2.05) is 0 Å². The molecule has 0 radical (unpaired) electrons. The first-order valence-electron chi connectivity index (χ1n) is 8.77. The zero-order chi connectivity index (χ0) is 22.4. The number of ether oxygens (including phenoxy) is 1. The number of hydrogen-bond acceptors (Lipinski definition) is 6. The third-order valence-corrected chi connectivity index (χ3v) is 4.71. The van der Waals surface area contributed by atoms with Gasteiger partial charge in [0.25, 0.3) is 11.6 Å². The number of nitrogens with zero attached hydrogens (tertiary/aromatic N) is 1. The first kappa shape index (κ1) is 22.3. The molecule has 0 spiro atoms. The Morgan fingerprint density at radius 2 is 1.90 bits per heavy atom. The molecule has 1 unspecified atom stereocenters. The van der Waals surface area contributed by atoms with E-state index in [0.717, 1.165) is 12.1 Å². The maximum absolute atomic E-state index is 12.9. The molecule has 3 aromatic rings. The minimum absolute atomic E-state index is 0.0660. The van der Waals surface area contributed by atoms with Gasteiger partial charge in [-0.15, -0.1) is 0 Å². The number of carbonyl (C=O) groups is 2. The molecule has 158 valence electrons. The second-order valence-corrected chi connectivity index (χ2v) is 7.30. The number of anilines is 1. The van der Waals surface area contributed by atoms with Crippen LogP contribution in [0.3, 0.4) is 0 Å². The van der Waals surface area contributed by atoms with Gasteiger partial charge in [-0.2, -0.15) is 0 Å². The van der Waals surface area contributed by atoms with Crippen molar-refractivity contribution in [3.8, 4) is 0 Å². The third kappa shape index (κ3) is 6.03. The smallest absolute Gasteiger partial charge is 0.332 e. The highest BCUT2D eigenvalue weighted by Crippen LogP contribution is 2.28. The molecule has 2 aromatic carbocycles. The minimum Gasteiger partial charge on any atom is -0.450 e. The summed E-state index contributed by atoms with van der Waals surface area (Å²) in [5.41, 5.74) is 0.195. The molecule has 10 heteroatoms. The van der Waals surface area contributed by atoms with Gasteiger partial charge in [-0.25, -0.2) is 4.79 Å². The molecule has 0 aliphatic carbocycles. The maximum atomic E-state index is 12.9. The van der Waals surface area contributed by atoms with Crippen LogP contribution in [0.25, 0.3) is 6.08 Å². The van der Waals surface area contributed by atoms with Crippen LogP contribution >= 0.6 is 27.5 Å². The topological polar surface area (TPSA) is 112 Å². The first-order valence-corrected chi connectivity index (χ1v) is 9.94. The van der Waals surface area contributed by atoms with Crippen LogP contribution in [-0.4, -0.2) is 16.8 Å². The van der Waals surface area contributed by atoms with Crippen molar-refractivity contribution in [1.82, 2.24) is 0 Å². The summed E-state index contributed by atoms with van der Waals surface area (Å²) in [5.74, 6) is -1.05. The number of esters is 1. The van der Waals surface area contributed by atoms with E-state index < -0.39 is 22.9 Å². The van der Waals surface area contributed by atoms with Gasteiger partial charge in [0.05, 0.1) is 4.92 Å². The van der Waals surface area contributed by atoms with Crippen molar-refractivity contribution < 1.29 is 23.7 Å². The minimum atomic E-state index is -1.29. The molecule has 0 fully saturated rings. The molecular weight excluding hydrogens is 492 g/mol. The Bertz CT molecular complexity index is 1150. The predicted octanol–water partition coefficient (Wildman–Crippen LogP) is 5.54. The molecule has 0 saturated heterocycles. The number of hydrogen-bond donors (Lipinski definition) is 1. The number of rotatable bonds is 7. The number of nitro groups is 1. The van der Waals surface area contributed by atoms with Gasteiger partial charge < -0.3 is 14.5 Å². The first-order chi connectivity index (χ1) is 14.8. The molecule has 1 amide bonds. The zero-order valence-electron chi connectivity index (χ0n) is 15.7. The predicted molar refractivity (Wildman–Crippen MR) is 117 cm³/mol. The van der Waals surface area contributed by atoms with Crippen molar-refractivity contribution in [3.63, 3.8) is 0 Å². The Balaban J connectivity index is 1.80. The van der Waals surface area contributed by atoms with Crippen LogP contribution in [0.2, 0.25) is 5.02 Å². The Morgan fingerprint density at radius 1 is 1.16 bits per heavy atom. The quantitative estimate of drug-likeness (QED) is 0.195. The summed E-state index contributed by atoms with van der Waals surface area (Å²) >= 11 is 8.96. The van der Waals surface area contributed by atoms with E-state index in [0.29, 0.717) is 16.0 Å². The fraction of sp³-hybridized carbons (Fsp3) is 0.0476. The second-order valence-electron chi connectivity index (χ2n) is 6.12. The van der Waals surface area contributed by atoms with Crippen LogP contribution in [0, 0.1) is 10.1 Å². The van der Waals surface area contributed by atoms with Crippen LogP contribution in [-0.2, 0) is 14.3 Å². The molecule has 1 atom stereocenters. The lowest BCUT2D eigenvalue weighted by Crippen LogP contribution is -2.25. The van der Waals surface area contributed by atoms with Gasteiger partial charge in [-0.05, 0) is 46.3 Å². The number of nitro benzene ring substituents is 1. The normalized spacial score (nSPS) is 11.8. The van der Waals surface area contributed by atoms with Gasteiger partial charge >= 0.3 is 5.97 Å². The largest absolute Gasteiger partial charge is 0.450 e. The molecule has 0 saturated carbocycles. The number of furan rings is 1. The fourth-order valence-electron chi connectivity index (χ4n) is 2.56. The van der Waals surface area contributed by atoms with Crippen molar-refractivity contribution in [2.45, 2.75) is 6.10 Å². The van der Waals surface area contributed by atoms with Crippen LogP contribution in [0.4, 0.5) is 11.4 Å². The summed E-state index contributed by atoms with van der Waals surface area (Å²) < 4.78 is 11.1. The maximum Gasteiger partial charge on any atom is 0.332 e. The highest BCUT2D eigenvalue weighted by atomic mass is 79.9. The Morgan fingerprint density at radius 3 is 2.55 bits per heavy atom. The van der Waals surface area contributed by atoms with Crippen molar-refractivity contribution in [3.05, 3.63) is 97.9 Å². The highest BCUT2D eigenvalue weighted by Gasteiger charge is 2.25. The van der Waals surface area contributed by atoms with E-state index in [2.05, 4.69) is 21.2 Å². The lowest BCUT2D eigenvalue weighted by molar-refractivity contribution is -0.384. The molecule has 8 nitrogen and oxygen atoms in total. The van der Waals surface area contributed by atoms with Gasteiger partial charge in [0.15, 0.2) is 4.67 Å². The molecule has 1 heterocycles. The van der Waals surface area contributed by atoms with Gasteiger partial charge in [0.1, 0.15) is 10.8 Å². The average Bonchev–Trinajstić information content (AvgIpc) is 3.17. The summed E-state index contributed by atoms with van der Waals surface area (Å²) in [5, 5.41) is 13.5. The molecule has 1 aromatic heterocycles. The fourth-order valence-corrected chi connectivity index (χ4v) is 3.07. The van der Waals surface area contributed by atoms with Crippen molar-refractivity contribution >= 4 is 56.9 Å². The summed E-state index contributed by atoms with van der Waals surface area (Å²) in [4.78, 5) is 35.6. The summed E-state index contributed by atoms with van der Waals surface area (Å²) in [7, 11) is 0. The summed E-state index contributed by atoms with van der Waals surface area (Å²) in [6, 6.07) is 15.5. The van der Waals surface area contributed by atoms with E-state index in [4.69, 9.17) is 20.8 Å². The van der Waals surface area contributed by atoms with E-state index >= 15 is 0 Å². The third-order valence-electron chi connectivity index (χ3n) is 3.96.